The fourth-order valence-corrected chi connectivity index (χ4v) is 2.79. The summed E-state index contributed by atoms with van der Waals surface area (Å²) >= 11 is 0. The predicted molar refractivity (Wildman–Crippen MR) is 85.2 cm³/mol. The Bertz CT molecular complexity index is 780. The molecule has 2 rings (SSSR count). The SMILES string of the molecule is Cl.Nc1cccc(CNS(=O)(=O)c2cccc([N+](=O)[O-])c2)c1. The molecule has 0 radical (unpaired) electrons. The molecular formula is C13H14ClN3O4S. The van der Waals surface area contributed by atoms with Gasteiger partial charge in [-0.15, -0.1) is 12.4 Å². The third kappa shape index (κ3) is 4.42. The van der Waals surface area contributed by atoms with E-state index >= 15 is 0 Å². The molecule has 118 valence electrons. The molecule has 0 atom stereocenters. The third-order valence-corrected chi connectivity index (χ3v) is 4.16. The van der Waals surface area contributed by atoms with Crippen LogP contribution in [0.1, 0.15) is 5.56 Å². The number of anilines is 1. The zero-order valence-electron chi connectivity index (χ0n) is 11.3. The molecule has 0 bridgehead atoms. The summed E-state index contributed by atoms with van der Waals surface area (Å²) in [6.07, 6.45) is 0. The van der Waals surface area contributed by atoms with Crippen LogP contribution >= 0.6 is 12.4 Å². The van der Waals surface area contributed by atoms with Crippen LogP contribution in [0.4, 0.5) is 11.4 Å². The number of rotatable bonds is 5. The largest absolute Gasteiger partial charge is 0.399 e. The molecule has 0 saturated carbocycles. The van der Waals surface area contributed by atoms with E-state index in [2.05, 4.69) is 4.72 Å². The van der Waals surface area contributed by atoms with E-state index in [0.29, 0.717) is 11.3 Å². The Morgan fingerprint density at radius 3 is 2.45 bits per heavy atom. The number of halogens is 1. The van der Waals surface area contributed by atoms with Crippen molar-refractivity contribution in [2.45, 2.75) is 11.4 Å². The highest BCUT2D eigenvalue weighted by molar-refractivity contribution is 7.89. The zero-order valence-corrected chi connectivity index (χ0v) is 12.9. The molecule has 0 heterocycles. The van der Waals surface area contributed by atoms with Crippen LogP contribution in [0.5, 0.6) is 0 Å². The van der Waals surface area contributed by atoms with E-state index in [1.807, 2.05) is 0 Å². The average molecular weight is 344 g/mol. The van der Waals surface area contributed by atoms with Gasteiger partial charge in [0.15, 0.2) is 0 Å². The number of nitrogen functional groups attached to an aromatic ring is 1. The molecule has 0 fully saturated rings. The first-order valence-corrected chi connectivity index (χ1v) is 7.45. The van der Waals surface area contributed by atoms with Crippen LogP contribution in [0.3, 0.4) is 0 Å². The van der Waals surface area contributed by atoms with E-state index in [-0.39, 0.29) is 29.5 Å². The maximum absolute atomic E-state index is 12.1. The van der Waals surface area contributed by atoms with Gasteiger partial charge < -0.3 is 5.73 Å². The van der Waals surface area contributed by atoms with Crippen molar-refractivity contribution in [3.63, 3.8) is 0 Å². The van der Waals surface area contributed by atoms with E-state index in [1.54, 1.807) is 24.3 Å². The first-order valence-electron chi connectivity index (χ1n) is 5.97. The van der Waals surface area contributed by atoms with Gasteiger partial charge in [0.25, 0.3) is 5.69 Å². The number of nitrogens with two attached hydrogens (primary N) is 1. The van der Waals surface area contributed by atoms with Gasteiger partial charge in [0.2, 0.25) is 10.0 Å². The fourth-order valence-electron chi connectivity index (χ4n) is 1.73. The Morgan fingerprint density at radius 1 is 1.14 bits per heavy atom. The molecule has 2 aromatic carbocycles. The van der Waals surface area contributed by atoms with Gasteiger partial charge in [-0.05, 0) is 23.8 Å². The molecule has 0 unspecified atom stereocenters. The smallest absolute Gasteiger partial charge is 0.270 e. The lowest BCUT2D eigenvalue weighted by Crippen LogP contribution is -2.23. The van der Waals surface area contributed by atoms with Crippen molar-refractivity contribution >= 4 is 33.8 Å². The highest BCUT2D eigenvalue weighted by Gasteiger charge is 2.17. The molecule has 7 nitrogen and oxygen atoms in total. The summed E-state index contributed by atoms with van der Waals surface area (Å²) in [5.41, 5.74) is 6.56. The zero-order chi connectivity index (χ0) is 15.5. The van der Waals surface area contributed by atoms with Gasteiger partial charge in [0.05, 0.1) is 9.82 Å². The first-order chi connectivity index (χ1) is 9.88. The summed E-state index contributed by atoms with van der Waals surface area (Å²) in [5.74, 6) is 0. The number of hydrogen-bond donors (Lipinski definition) is 2. The van der Waals surface area contributed by atoms with Gasteiger partial charge in [-0.3, -0.25) is 10.1 Å². The van der Waals surface area contributed by atoms with Gasteiger partial charge in [0, 0.05) is 24.4 Å². The van der Waals surface area contributed by atoms with Crippen LogP contribution in [0.15, 0.2) is 53.4 Å². The van der Waals surface area contributed by atoms with E-state index in [1.165, 1.54) is 18.2 Å². The fraction of sp³-hybridized carbons (Fsp3) is 0.0769. The minimum atomic E-state index is -3.82. The Morgan fingerprint density at radius 2 is 1.82 bits per heavy atom. The molecule has 0 amide bonds. The van der Waals surface area contributed by atoms with Crippen molar-refractivity contribution < 1.29 is 13.3 Å². The number of nitrogens with zero attached hydrogens (tertiary/aromatic N) is 1. The molecule has 3 N–H and O–H groups in total. The number of sulfonamides is 1. The standard InChI is InChI=1S/C13H13N3O4S.ClH/c14-11-4-1-3-10(7-11)9-15-21(19,20)13-6-2-5-12(8-13)16(17)18;/h1-8,15H,9,14H2;1H. The van der Waals surface area contributed by atoms with Crippen molar-refractivity contribution in [3.8, 4) is 0 Å². The lowest BCUT2D eigenvalue weighted by atomic mass is 10.2. The molecule has 0 aromatic heterocycles. The maximum Gasteiger partial charge on any atom is 0.270 e. The monoisotopic (exact) mass is 343 g/mol. The molecule has 22 heavy (non-hydrogen) atoms. The van der Waals surface area contributed by atoms with Gasteiger partial charge in [-0.2, -0.15) is 0 Å². The summed E-state index contributed by atoms with van der Waals surface area (Å²) in [4.78, 5) is 9.88. The molecule has 0 saturated heterocycles. The number of nitro groups is 1. The number of non-ortho nitro benzene ring substituents is 1. The van der Waals surface area contributed by atoms with Crippen LogP contribution in [-0.2, 0) is 16.6 Å². The number of nitrogens with one attached hydrogen (secondary N) is 1. The molecule has 0 spiro atoms. The average Bonchev–Trinajstić information content (AvgIpc) is 2.45. The van der Waals surface area contributed by atoms with Crippen LogP contribution < -0.4 is 10.5 Å². The van der Waals surface area contributed by atoms with E-state index in [0.717, 1.165) is 6.07 Å². The molecule has 2 aromatic rings. The van der Waals surface area contributed by atoms with Crippen LogP contribution in [0.2, 0.25) is 0 Å². The lowest BCUT2D eigenvalue weighted by Gasteiger charge is -2.07. The molecular weight excluding hydrogens is 330 g/mol. The number of nitro benzene ring substituents is 1. The normalized spacial score (nSPS) is 10.7. The van der Waals surface area contributed by atoms with Gasteiger partial charge in [-0.1, -0.05) is 18.2 Å². The van der Waals surface area contributed by atoms with Gasteiger partial charge in [-0.25, -0.2) is 13.1 Å². The number of hydrogen-bond acceptors (Lipinski definition) is 5. The van der Waals surface area contributed by atoms with Gasteiger partial charge >= 0.3 is 0 Å². The summed E-state index contributed by atoms with van der Waals surface area (Å²) in [6.45, 7) is 0.0517. The predicted octanol–water partition coefficient (Wildman–Crippen LogP) is 2.08. The van der Waals surface area contributed by atoms with Crippen molar-refractivity contribution in [1.82, 2.24) is 4.72 Å². The third-order valence-electron chi connectivity index (χ3n) is 2.76. The van der Waals surface area contributed by atoms with Crippen molar-refractivity contribution in [2.24, 2.45) is 0 Å². The van der Waals surface area contributed by atoms with Crippen molar-refractivity contribution in [3.05, 3.63) is 64.2 Å². The quantitative estimate of drug-likeness (QED) is 0.490. The molecule has 0 aliphatic carbocycles. The molecule has 0 aliphatic heterocycles. The Labute approximate surface area is 133 Å². The summed E-state index contributed by atoms with van der Waals surface area (Å²) in [5, 5.41) is 10.7. The Kier molecular flexibility index (Phi) is 5.86. The summed E-state index contributed by atoms with van der Waals surface area (Å²) in [6, 6.07) is 11.7. The minimum Gasteiger partial charge on any atom is -0.399 e. The Balaban J connectivity index is 0.00000242. The second-order valence-electron chi connectivity index (χ2n) is 4.32. The van der Waals surface area contributed by atoms with Crippen LogP contribution in [0.25, 0.3) is 0 Å². The minimum absolute atomic E-state index is 0. The highest BCUT2D eigenvalue weighted by Crippen LogP contribution is 2.17. The summed E-state index contributed by atoms with van der Waals surface area (Å²) < 4.78 is 26.6. The van der Waals surface area contributed by atoms with Crippen molar-refractivity contribution in [1.29, 1.82) is 0 Å². The second-order valence-corrected chi connectivity index (χ2v) is 6.09. The highest BCUT2D eigenvalue weighted by atomic mass is 35.5. The van der Waals surface area contributed by atoms with Crippen LogP contribution in [0, 0.1) is 10.1 Å². The van der Waals surface area contributed by atoms with Crippen molar-refractivity contribution in [2.75, 3.05) is 5.73 Å². The first kappa shape index (κ1) is 17.9. The van der Waals surface area contributed by atoms with Gasteiger partial charge in [0.1, 0.15) is 0 Å². The van der Waals surface area contributed by atoms with E-state index in [4.69, 9.17) is 5.73 Å². The Hall–Kier alpha value is -2.16. The molecule has 0 aliphatic rings. The number of benzene rings is 2. The van der Waals surface area contributed by atoms with Crippen LogP contribution in [-0.4, -0.2) is 13.3 Å². The maximum atomic E-state index is 12.1. The second kappa shape index (κ2) is 7.21. The lowest BCUT2D eigenvalue weighted by molar-refractivity contribution is -0.385. The summed E-state index contributed by atoms with van der Waals surface area (Å²) in [7, 11) is -3.82. The van der Waals surface area contributed by atoms with E-state index < -0.39 is 14.9 Å². The molecule has 9 heteroatoms. The van der Waals surface area contributed by atoms with E-state index in [9.17, 15) is 18.5 Å². The topological polar surface area (TPSA) is 115 Å².